The second kappa shape index (κ2) is 9.36. The van der Waals surface area contributed by atoms with Gasteiger partial charge in [-0.25, -0.2) is 0 Å². The Kier molecular flexibility index (Phi) is 6.17. The van der Waals surface area contributed by atoms with Gasteiger partial charge < -0.3 is 4.74 Å². The van der Waals surface area contributed by atoms with Gasteiger partial charge in [-0.05, 0) is 84.1 Å². The topological polar surface area (TPSA) is 9.23 Å². The van der Waals surface area contributed by atoms with Gasteiger partial charge in [-0.2, -0.15) is 0 Å². The Morgan fingerprint density at radius 2 is 1.62 bits per heavy atom. The second-order valence-corrected chi connectivity index (χ2v) is 9.70. The van der Waals surface area contributed by atoms with Crippen molar-refractivity contribution in [2.75, 3.05) is 6.61 Å². The van der Waals surface area contributed by atoms with Gasteiger partial charge in [0.1, 0.15) is 5.75 Å². The van der Waals surface area contributed by atoms with Gasteiger partial charge in [0.2, 0.25) is 0 Å². The first kappa shape index (κ1) is 21.1. The zero-order chi connectivity index (χ0) is 21.9. The molecule has 164 valence electrons. The third kappa shape index (κ3) is 4.83. The van der Waals surface area contributed by atoms with Gasteiger partial charge in [0.25, 0.3) is 0 Å². The Bertz CT molecular complexity index is 1120. The Morgan fingerprint density at radius 3 is 2.41 bits per heavy atom. The summed E-state index contributed by atoms with van der Waals surface area (Å²) in [5.41, 5.74) is 10.9. The van der Waals surface area contributed by atoms with Crippen LogP contribution in [0.5, 0.6) is 5.75 Å². The lowest BCUT2D eigenvalue weighted by atomic mass is 9.87. The van der Waals surface area contributed by atoms with Crippen LogP contribution >= 0.6 is 0 Å². The maximum atomic E-state index is 6.23. The molecule has 3 aromatic carbocycles. The molecule has 0 amide bonds. The summed E-state index contributed by atoms with van der Waals surface area (Å²) in [6.07, 6.45) is 8.74. The molecule has 1 fully saturated rings. The van der Waals surface area contributed by atoms with Crippen LogP contribution in [0.25, 0.3) is 11.1 Å². The van der Waals surface area contributed by atoms with Crippen molar-refractivity contribution in [2.24, 2.45) is 5.92 Å². The molecule has 0 unspecified atom stereocenters. The minimum absolute atomic E-state index is 0.726. The van der Waals surface area contributed by atoms with Gasteiger partial charge in [-0.1, -0.05) is 79.9 Å². The van der Waals surface area contributed by atoms with Crippen LogP contribution in [0.1, 0.15) is 65.5 Å². The van der Waals surface area contributed by atoms with E-state index in [9.17, 15) is 0 Å². The Labute approximate surface area is 193 Å². The first-order chi connectivity index (χ1) is 15.7. The maximum absolute atomic E-state index is 6.23. The van der Waals surface area contributed by atoms with E-state index in [2.05, 4.69) is 80.6 Å². The van der Waals surface area contributed by atoms with Gasteiger partial charge >= 0.3 is 0 Å². The Hall–Kier alpha value is -2.80. The SMILES string of the molecule is Cc1ccc2c(c1)OCCC(c1ccccc1C)=C2Cc1ccc(CCCC2CC2)cc1. The van der Waals surface area contributed by atoms with Crippen LogP contribution in [-0.2, 0) is 12.8 Å². The molecular weight excluding hydrogens is 388 g/mol. The first-order valence-corrected chi connectivity index (χ1v) is 12.3. The zero-order valence-corrected chi connectivity index (χ0v) is 19.5. The molecule has 32 heavy (non-hydrogen) atoms. The molecule has 1 nitrogen and oxygen atoms in total. The highest BCUT2D eigenvalue weighted by Gasteiger charge is 2.21. The van der Waals surface area contributed by atoms with E-state index in [1.807, 2.05) is 0 Å². The number of hydrogen-bond acceptors (Lipinski definition) is 1. The van der Waals surface area contributed by atoms with Crippen molar-refractivity contribution in [1.82, 2.24) is 0 Å². The minimum atomic E-state index is 0.726. The van der Waals surface area contributed by atoms with E-state index in [-0.39, 0.29) is 0 Å². The van der Waals surface area contributed by atoms with Crippen LogP contribution < -0.4 is 4.74 Å². The number of hydrogen-bond donors (Lipinski definition) is 0. The van der Waals surface area contributed by atoms with Crippen LogP contribution in [0.4, 0.5) is 0 Å². The summed E-state index contributed by atoms with van der Waals surface area (Å²) >= 11 is 0. The van der Waals surface area contributed by atoms with Crippen LogP contribution in [0.3, 0.4) is 0 Å². The third-order valence-electron chi connectivity index (χ3n) is 7.08. The van der Waals surface area contributed by atoms with Crippen LogP contribution in [-0.4, -0.2) is 6.61 Å². The normalized spacial score (nSPS) is 15.8. The summed E-state index contributed by atoms with van der Waals surface area (Å²) in [6.45, 7) is 5.09. The molecule has 0 radical (unpaired) electrons. The van der Waals surface area contributed by atoms with Crippen LogP contribution in [0.2, 0.25) is 0 Å². The molecule has 0 aromatic heterocycles. The number of aryl methyl sites for hydroxylation is 3. The molecule has 3 aromatic rings. The summed E-state index contributed by atoms with van der Waals surface area (Å²) in [4.78, 5) is 0. The largest absolute Gasteiger partial charge is 0.493 e. The molecular formula is C31H34O. The Morgan fingerprint density at radius 1 is 0.844 bits per heavy atom. The highest BCUT2D eigenvalue weighted by Crippen LogP contribution is 2.40. The van der Waals surface area contributed by atoms with Crippen LogP contribution in [0, 0.1) is 19.8 Å². The fraction of sp³-hybridized carbons (Fsp3) is 0.355. The summed E-state index contributed by atoms with van der Waals surface area (Å²) < 4.78 is 6.23. The predicted octanol–water partition coefficient (Wildman–Crippen LogP) is 7.97. The summed E-state index contributed by atoms with van der Waals surface area (Å²) in [5.74, 6) is 2.06. The lowest BCUT2D eigenvalue weighted by molar-refractivity contribution is 0.328. The molecule has 0 atom stereocenters. The molecule has 1 aliphatic carbocycles. The van der Waals surface area contributed by atoms with Gasteiger partial charge in [-0.3, -0.25) is 0 Å². The van der Waals surface area contributed by atoms with E-state index in [4.69, 9.17) is 4.74 Å². The smallest absolute Gasteiger partial charge is 0.127 e. The summed E-state index contributed by atoms with van der Waals surface area (Å²) in [7, 11) is 0. The van der Waals surface area contributed by atoms with Crippen molar-refractivity contribution < 1.29 is 4.74 Å². The molecule has 0 N–H and O–H groups in total. The maximum Gasteiger partial charge on any atom is 0.127 e. The molecule has 0 spiro atoms. The lowest BCUT2D eigenvalue weighted by Crippen LogP contribution is -1.99. The van der Waals surface area contributed by atoms with Crippen molar-refractivity contribution >= 4 is 11.1 Å². The van der Waals surface area contributed by atoms with E-state index >= 15 is 0 Å². The zero-order valence-electron chi connectivity index (χ0n) is 19.5. The van der Waals surface area contributed by atoms with Gasteiger partial charge in [0.15, 0.2) is 0 Å². The Balaban J connectivity index is 1.48. The quantitative estimate of drug-likeness (QED) is 0.375. The molecule has 0 saturated heterocycles. The number of fused-ring (bicyclic) bond motifs is 1. The van der Waals surface area contributed by atoms with Gasteiger partial charge in [0.05, 0.1) is 6.61 Å². The molecule has 1 saturated carbocycles. The number of allylic oxidation sites excluding steroid dienone is 1. The van der Waals surface area contributed by atoms with Crippen LogP contribution in [0.15, 0.2) is 66.7 Å². The molecule has 1 aliphatic heterocycles. The average Bonchev–Trinajstić information content (AvgIpc) is 3.63. The van der Waals surface area contributed by atoms with Gasteiger partial charge in [0, 0.05) is 12.0 Å². The number of rotatable bonds is 7. The van der Waals surface area contributed by atoms with Crippen molar-refractivity contribution in [1.29, 1.82) is 0 Å². The number of benzene rings is 3. The van der Waals surface area contributed by atoms with E-state index in [0.717, 1.165) is 31.1 Å². The van der Waals surface area contributed by atoms with Crippen molar-refractivity contribution in [2.45, 2.75) is 58.8 Å². The van der Waals surface area contributed by atoms with Crippen molar-refractivity contribution in [3.8, 4) is 5.75 Å². The monoisotopic (exact) mass is 422 g/mol. The molecule has 5 rings (SSSR count). The summed E-state index contributed by atoms with van der Waals surface area (Å²) in [5, 5.41) is 0. The predicted molar refractivity (Wildman–Crippen MR) is 135 cm³/mol. The fourth-order valence-corrected chi connectivity index (χ4v) is 5.01. The van der Waals surface area contributed by atoms with Crippen molar-refractivity contribution in [3.05, 3.63) is 100 Å². The van der Waals surface area contributed by atoms with E-state index in [1.54, 1.807) is 0 Å². The van der Waals surface area contributed by atoms with Crippen molar-refractivity contribution in [3.63, 3.8) is 0 Å². The molecule has 0 bridgehead atoms. The first-order valence-electron chi connectivity index (χ1n) is 12.3. The molecule has 1 heteroatoms. The highest BCUT2D eigenvalue weighted by molar-refractivity contribution is 5.94. The molecule has 2 aliphatic rings. The standard InChI is InChI=1S/C31H34O/c1-22-10-17-29-30(21-26-15-13-25(14-16-26)8-5-7-24-11-12-24)28(18-19-32-31(29)20-22)27-9-4-3-6-23(27)2/h3-4,6,9-10,13-17,20,24H,5,7-8,11-12,18-19,21H2,1-2H3. The lowest BCUT2D eigenvalue weighted by Gasteiger charge is -2.17. The van der Waals surface area contributed by atoms with E-state index in [1.165, 1.54) is 76.6 Å². The second-order valence-electron chi connectivity index (χ2n) is 9.70. The van der Waals surface area contributed by atoms with Gasteiger partial charge in [-0.15, -0.1) is 0 Å². The number of ether oxygens (including phenoxy) is 1. The van der Waals surface area contributed by atoms with E-state index < -0.39 is 0 Å². The third-order valence-corrected chi connectivity index (χ3v) is 7.08. The summed E-state index contributed by atoms with van der Waals surface area (Å²) in [6, 6.07) is 24.8. The average molecular weight is 423 g/mol. The minimum Gasteiger partial charge on any atom is -0.493 e. The molecule has 1 heterocycles. The van der Waals surface area contributed by atoms with E-state index in [0.29, 0.717) is 0 Å². The highest BCUT2D eigenvalue weighted by atomic mass is 16.5. The fourth-order valence-electron chi connectivity index (χ4n) is 5.01.